The molecule has 0 aliphatic heterocycles. The number of hydrogen-bond acceptors (Lipinski definition) is 2. The highest BCUT2D eigenvalue weighted by Crippen LogP contribution is 2.30. The number of aromatic nitrogens is 2. The molecule has 3 aromatic rings. The van der Waals surface area contributed by atoms with Gasteiger partial charge in [0.05, 0.1) is 5.52 Å². The van der Waals surface area contributed by atoms with E-state index in [4.69, 9.17) is 9.97 Å². The quantitative estimate of drug-likeness (QED) is 0.354. The van der Waals surface area contributed by atoms with Crippen LogP contribution < -0.4 is 0 Å². The Kier molecular flexibility index (Phi) is 3.40. The van der Waals surface area contributed by atoms with Gasteiger partial charge in [0, 0.05) is 16.2 Å². The molecule has 102 valence electrons. The molecule has 0 spiro atoms. The minimum absolute atomic E-state index is 0.00502. The smallest absolute Gasteiger partial charge is 0.135 e. The van der Waals surface area contributed by atoms with E-state index in [0.717, 1.165) is 26.8 Å². The van der Waals surface area contributed by atoms with E-state index >= 15 is 0 Å². The minimum Gasteiger partial charge on any atom is -0.232 e. The second kappa shape index (κ2) is 4.95. The molecule has 0 fully saturated rings. The maximum Gasteiger partial charge on any atom is 0.135 e. The summed E-state index contributed by atoms with van der Waals surface area (Å²) in [5.74, 6) is 0.938. The van der Waals surface area contributed by atoms with E-state index in [1.807, 2.05) is 0 Å². The maximum absolute atomic E-state index is 4.89. The number of benzene rings is 2. The lowest BCUT2D eigenvalue weighted by atomic mass is 9.89. The van der Waals surface area contributed by atoms with Gasteiger partial charge in [0.1, 0.15) is 9.53 Å². The summed E-state index contributed by atoms with van der Waals surface area (Å²) in [5, 5.41) is 3.58. The van der Waals surface area contributed by atoms with Crippen molar-refractivity contribution in [2.24, 2.45) is 0 Å². The highest BCUT2D eigenvalue weighted by molar-refractivity contribution is 14.1. The normalized spacial score (nSPS) is 12.2. The molecule has 0 saturated heterocycles. The van der Waals surface area contributed by atoms with Crippen molar-refractivity contribution >= 4 is 44.3 Å². The highest BCUT2D eigenvalue weighted by atomic mass is 127. The molecule has 3 heteroatoms. The van der Waals surface area contributed by atoms with Crippen molar-refractivity contribution in [3.05, 3.63) is 45.9 Å². The van der Waals surface area contributed by atoms with Crippen molar-refractivity contribution in [1.29, 1.82) is 0 Å². The van der Waals surface area contributed by atoms with Gasteiger partial charge >= 0.3 is 0 Å². The number of rotatable bonds is 2. The highest BCUT2D eigenvalue weighted by Gasteiger charge is 2.23. The van der Waals surface area contributed by atoms with E-state index in [0.29, 0.717) is 0 Å². The minimum atomic E-state index is 0.00502. The van der Waals surface area contributed by atoms with Crippen LogP contribution in [-0.4, -0.2) is 9.97 Å². The van der Waals surface area contributed by atoms with E-state index < -0.39 is 0 Å². The molecule has 0 aliphatic rings. The monoisotopic (exact) mass is 376 g/mol. The zero-order chi connectivity index (χ0) is 14.3. The van der Waals surface area contributed by atoms with Gasteiger partial charge in [0.2, 0.25) is 0 Å². The van der Waals surface area contributed by atoms with Crippen LogP contribution in [0.5, 0.6) is 0 Å². The van der Waals surface area contributed by atoms with Crippen LogP contribution in [0.1, 0.15) is 33.0 Å². The fraction of sp³-hybridized carbons (Fsp3) is 0.294. The van der Waals surface area contributed by atoms with E-state index in [1.54, 1.807) is 0 Å². The first kappa shape index (κ1) is 13.7. The Labute approximate surface area is 132 Å². The van der Waals surface area contributed by atoms with Crippen LogP contribution in [-0.2, 0) is 5.41 Å². The Bertz CT molecular complexity index is 793. The summed E-state index contributed by atoms with van der Waals surface area (Å²) in [7, 11) is 0. The zero-order valence-electron chi connectivity index (χ0n) is 11.9. The predicted octanol–water partition coefficient (Wildman–Crippen LogP) is 5.08. The summed E-state index contributed by atoms with van der Waals surface area (Å²) in [6.45, 7) is 6.59. The van der Waals surface area contributed by atoms with Crippen molar-refractivity contribution in [1.82, 2.24) is 9.97 Å². The van der Waals surface area contributed by atoms with Gasteiger partial charge in [-0.15, -0.1) is 0 Å². The van der Waals surface area contributed by atoms with E-state index in [9.17, 15) is 0 Å². The molecule has 0 bridgehead atoms. The lowest BCUT2D eigenvalue weighted by molar-refractivity contribution is 0.474. The zero-order valence-corrected chi connectivity index (χ0v) is 14.1. The largest absolute Gasteiger partial charge is 0.232 e. The van der Waals surface area contributed by atoms with Gasteiger partial charge in [0.25, 0.3) is 0 Å². The van der Waals surface area contributed by atoms with Crippen LogP contribution in [0, 0.1) is 3.70 Å². The van der Waals surface area contributed by atoms with Gasteiger partial charge < -0.3 is 0 Å². The third kappa shape index (κ3) is 2.18. The molecule has 2 nitrogen and oxygen atoms in total. The van der Waals surface area contributed by atoms with E-state index in [-0.39, 0.29) is 5.41 Å². The van der Waals surface area contributed by atoms with Gasteiger partial charge in [0.15, 0.2) is 0 Å². The van der Waals surface area contributed by atoms with Crippen LogP contribution in [0.2, 0.25) is 0 Å². The lowest BCUT2D eigenvalue weighted by Crippen LogP contribution is -2.20. The lowest BCUT2D eigenvalue weighted by Gasteiger charge is -2.21. The van der Waals surface area contributed by atoms with Crippen molar-refractivity contribution in [3.8, 4) is 0 Å². The third-order valence-electron chi connectivity index (χ3n) is 4.03. The number of nitrogens with zero attached hydrogens (tertiary/aromatic N) is 2. The second-order valence-corrected chi connectivity index (χ2v) is 6.78. The first-order valence-electron chi connectivity index (χ1n) is 6.88. The van der Waals surface area contributed by atoms with Gasteiger partial charge in [-0.3, -0.25) is 0 Å². The summed E-state index contributed by atoms with van der Waals surface area (Å²) in [6, 6.07) is 12.7. The molecular formula is C17H17IN2. The van der Waals surface area contributed by atoms with Crippen LogP contribution >= 0.6 is 22.6 Å². The molecule has 0 amide bonds. The van der Waals surface area contributed by atoms with Gasteiger partial charge in [-0.2, -0.15) is 0 Å². The van der Waals surface area contributed by atoms with E-state index in [1.165, 1.54) is 10.8 Å². The molecule has 0 N–H and O–H groups in total. The third-order valence-corrected chi connectivity index (χ3v) is 4.86. The van der Waals surface area contributed by atoms with Crippen LogP contribution in [0.4, 0.5) is 0 Å². The van der Waals surface area contributed by atoms with Crippen molar-refractivity contribution < 1.29 is 0 Å². The standard InChI is InChI=1S/C17H17IN2/c1-4-17(2,3)16-19-14-12-8-6-5-7-11(12)9-10-13(14)15(18)20-16/h5-10H,4H2,1-3H3. The fourth-order valence-electron chi connectivity index (χ4n) is 2.29. The summed E-state index contributed by atoms with van der Waals surface area (Å²) >= 11 is 2.32. The van der Waals surface area contributed by atoms with Gasteiger partial charge in [-0.05, 0) is 40.5 Å². The molecular weight excluding hydrogens is 359 g/mol. The summed E-state index contributed by atoms with van der Waals surface area (Å²) in [4.78, 5) is 9.62. The molecule has 20 heavy (non-hydrogen) atoms. The average Bonchev–Trinajstić information content (AvgIpc) is 2.47. The summed E-state index contributed by atoms with van der Waals surface area (Å²) in [5.41, 5.74) is 1.07. The summed E-state index contributed by atoms with van der Waals surface area (Å²) < 4.78 is 1.04. The molecule has 0 aliphatic carbocycles. The van der Waals surface area contributed by atoms with Crippen LogP contribution in [0.15, 0.2) is 36.4 Å². The molecule has 3 rings (SSSR count). The predicted molar refractivity (Wildman–Crippen MR) is 93.1 cm³/mol. The molecule has 1 aromatic heterocycles. The first-order chi connectivity index (χ1) is 9.53. The van der Waals surface area contributed by atoms with Crippen LogP contribution in [0.25, 0.3) is 21.7 Å². The van der Waals surface area contributed by atoms with Crippen molar-refractivity contribution in [2.75, 3.05) is 0 Å². The summed E-state index contributed by atoms with van der Waals surface area (Å²) in [6.07, 6.45) is 1.03. The Morgan fingerprint density at radius 2 is 1.75 bits per heavy atom. The SMILES string of the molecule is CCC(C)(C)c1nc(I)c2ccc3ccccc3c2n1. The number of fused-ring (bicyclic) bond motifs is 3. The maximum atomic E-state index is 4.89. The number of halogens is 1. The second-order valence-electron chi connectivity index (χ2n) is 5.76. The number of hydrogen-bond donors (Lipinski definition) is 0. The molecule has 1 heterocycles. The molecule has 0 unspecified atom stereocenters. The van der Waals surface area contributed by atoms with Crippen molar-refractivity contribution in [2.45, 2.75) is 32.6 Å². The molecule has 0 atom stereocenters. The molecule has 2 aromatic carbocycles. The van der Waals surface area contributed by atoms with Crippen LogP contribution in [0.3, 0.4) is 0 Å². The van der Waals surface area contributed by atoms with Gasteiger partial charge in [-0.1, -0.05) is 51.1 Å². The Morgan fingerprint density at radius 3 is 2.50 bits per heavy atom. The molecule has 0 radical (unpaired) electrons. The van der Waals surface area contributed by atoms with Crippen molar-refractivity contribution in [3.63, 3.8) is 0 Å². The van der Waals surface area contributed by atoms with E-state index in [2.05, 4.69) is 79.8 Å². The molecule has 0 saturated carbocycles. The Morgan fingerprint density at radius 1 is 1.00 bits per heavy atom. The average molecular weight is 376 g/mol. The van der Waals surface area contributed by atoms with Gasteiger partial charge in [-0.25, -0.2) is 9.97 Å². The topological polar surface area (TPSA) is 25.8 Å². The Hall–Kier alpha value is -1.23. The Balaban J connectivity index is 2.41. The fourth-order valence-corrected chi connectivity index (χ4v) is 2.95. The first-order valence-corrected chi connectivity index (χ1v) is 7.96.